The fourth-order valence-electron chi connectivity index (χ4n) is 3.63. The number of nitrogens with zero attached hydrogens (tertiary/aromatic N) is 2. The summed E-state index contributed by atoms with van der Waals surface area (Å²) in [6.45, 7) is 5.58. The molecule has 0 aliphatic rings. The molecule has 0 fully saturated rings. The van der Waals surface area contributed by atoms with Gasteiger partial charge >= 0.3 is 5.97 Å². The maximum Gasteiger partial charge on any atom is 0.325 e. The molecule has 1 heterocycles. The number of primary amides is 1. The minimum absolute atomic E-state index is 0.0616. The minimum Gasteiger partial charge on any atom is -0.494 e. The number of hydrogen-bond acceptors (Lipinski definition) is 9. The van der Waals surface area contributed by atoms with E-state index in [0.717, 1.165) is 5.56 Å². The van der Waals surface area contributed by atoms with Crippen LogP contribution >= 0.6 is 11.5 Å². The third-order valence-electron chi connectivity index (χ3n) is 5.41. The van der Waals surface area contributed by atoms with Crippen LogP contribution in [0.4, 0.5) is 11.4 Å². The van der Waals surface area contributed by atoms with Gasteiger partial charge in [0.2, 0.25) is 5.91 Å². The molecule has 1 atom stereocenters. The summed E-state index contributed by atoms with van der Waals surface area (Å²) in [6, 6.07) is 12.3. The number of ether oxygens (including phenoxy) is 2. The second kappa shape index (κ2) is 12.7. The van der Waals surface area contributed by atoms with Gasteiger partial charge in [-0.2, -0.15) is 4.37 Å². The van der Waals surface area contributed by atoms with Crippen molar-refractivity contribution in [2.45, 2.75) is 26.8 Å². The molecule has 0 radical (unpaired) electrons. The van der Waals surface area contributed by atoms with E-state index in [1.54, 1.807) is 55.5 Å². The molecule has 11 nitrogen and oxygen atoms in total. The van der Waals surface area contributed by atoms with Gasteiger partial charge in [0.1, 0.15) is 23.2 Å². The number of carbonyl (C=O) groups is 4. The fourth-order valence-corrected chi connectivity index (χ4v) is 4.37. The lowest BCUT2D eigenvalue weighted by atomic mass is 10.0. The van der Waals surface area contributed by atoms with Gasteiger partial charge in [0.15, 0.2) is 5.69 Å². The molecule has 5 N–H and O–H groups in total. The summed E-state index contributed by atoms with van der Waals surface area (Å²) in [7, 11) is 0. The first-order chi connectivity index (χ1) is 18.2. The van der Waals surface area contributed by atoms with Crippen molar-refractivity contribution in [1.82, 2.24) is 9.69 Å². The molecular weight excluding hydrogens is 510 g/mol. The molecule has 12 heteroatoms. The summed E-state index contributed by atoms with van der Waals surface area (Å²) in [5, 5.41) is 2.56. The topological polar surface area (TPSA) is 167 Å². The second-order valence-electron chi connectivity index (χ2n) is 8.08. The van der Waals surface area contributed by atoms with Crippen LogP contribution in [0.3, 0.4) is 0 Å². The molecule has 0 spiro atoms. The van der Waals surface area contributed by atoms with E-state index in [2.05, 4.69) is 9.69 Å². The van der Waals surface area contributed by atoms with Crippen molar-refractivity contribution < 1.29 is 28.7 Å². The molecule has 0 aliphatic carbocycles. The van der Waals surface area contributed by atoms with Crippen molar-refractivity contribution in [3.05, 3.63) is 70.2 Å². The van der Waals surface area contributed by atoms with Crippen LogP contribution in [-0.2, 0) is 14.3 Å². The van der Waals surface area contributed by atoms with Gasteiger partial charge in [-0.25, -0.2) is 0 Å². The van der Waals surface area contributed by atoms with Crippen LogP contribution < -0.4 is 26.4 Å². The number of nitrogen functional groups attached to an aromatic ring is 1. The average Bonchev–Trinajstić information content (AvgIpc) is 3.29. The number of aryl methyl sites for hydroxylation is 1. The van der Waals surface area contributed by atoms with Gasteiger partial charge in [0.25, 0.3) is 11.8 Å². The third-order valence-corrected chi connectivity index (χ3v) is 6.26. The molecule has 3 amide bonds. The van der Waals surface area contributed by atoms with E-state index in [4.69, 9.17) is 20.9 Å². The molecular formula is C26H29N5O6S. The number of carbonyl (C=O) groups excluding carboxylic acids is 4. The first kappa shape index (κ1) is 28.1. The van der Waals surface area contributed by atoms with Crippen molar-refractivity contribution in [2.75, 3.05) is 30.4 Å². The van der Waals surface area contributed by atoms with Crippen molar-refractivity contribution in [2.24, 2.45) is 5.73 Å². The van der Waals surface area contributed by atoms with Crippen LogP contribution in [0.25, 0.3) is 0 Å². The Morgan fingerprint density at radius 2 is 1.68 bits per heavy atom. The maximum atomic E-state index is 14.0. The monoisotopic (exact) mass is 539 g/mol. The van der Waals surface area contributed by atoms with Crippen molar-refractivity contribution in [3.63, 3.8) is 0 Å². The molecule has 38 heavy (non-hydrogen) atoms. The number of benzene rings is 2. The number of esters is 1. The Balaban J connectivity index is 2.14. The highest BCUT2D eigenvalue weighted by atomic mass is 32.1. The summed E-state index contributed by atoms with van der Waals surface area (Å²) in [5.74, 6) is -2.25. The highest BCUT2D eigenvalue weighted by molar-refractivity contribution is 7.09. The zero-order valence-corrected chi connectivity index (χ0v) is 22.0. The van der Waals surface area contributed by atoms with Crippen LogP contribution in [0.5, 0.6) is 5.75 Å². The van der Waals surface area contributed by atoms with E-state index in [0.29, 0.717) is 35.1 Å². The normalized spacial score (nSPS) is 11.3. The number of anilines is 2. The van der Waals surface area contributed by atoms with Gasteiger partial charge in [0, 0.05) is 5.69 Å². The van der Waals surface area contributed by atoms with Gasteiger partial charge < -0.3 is 26.3 Å². The lowest BCUT2D eigenvalue weighted by Crippen LogP contribution is -2.45. The second-order valence-corrected chi connectivity index (χ2v) is 8.85. The SMILES string of the molecule is CCOC(=O)CNC(=O)[C@H](c1ccc(OCC)cc1)N(C(=O)c1snc(C(N)=O)c1N)c1ccc(C)cc1. The molecule has 1 aromatic heterocycles. The molecule has 0 aliphatic heterocycles. The molecule has 3 rings (SSSR count). The quantitative estimate of drug-likeness (QED) is 0.313. The largest absolute Gasteiger partial charge is 0.494 e. The van der Waals surface area contributed by atoms with Crippen LogP contribution in [0, 0.1) is 6.92 Å². The zero-order valence-electron chi connectivity index (χ0n) is 21.2. The van der Waals surface area contributed by atoms with E-state index in [1.807, 2.05) is 13.8 Å². The maximum absolute atomic E-state index is 14.0. The predicted molar refractivity (Wildman–Crippen MR) is 143 cm³/mol. The number of nitrogens with two attached hydrogens (primary N) is 2. The van der Waals surface area contributed by atoms with E-state index < -0.39 is 36.3 Å². The van der Waals surface area contributed by atoms with Crippen molar-refractivity contribution >= 4 is 46.6 Å². The Hall–Kier alpha value is -4.45. The molecule has 200 valence electrons. The molecule has 0 unspecified atom stereocenters. The first-order valence-electron chi connectivity index (χ1n) is 11.8. The van der Waals surface area contributed by atoms with Crippen molar-refractivity contribution in [3.8, 4) is 5.75 Å². The van der Waals surface area contributed by atoms with E-state index in [9.17, 15) is 19.2 Å². The standard InChI is InChI=1S/C26H29N5O6S/c1-4-36-18-12-8-16(9-13-18)22(25(34)29-14-19(32)37-5-2)31(17-10-6-15(3)7-11-17)26(35)23-20(27)21(24(28)33)30-38-23/h6-13,22H,4-5,14,27H2,1-3H3,(H2,28,33)(H,29,34)/t22-/m0/s1. The number of hydrogen-bond donors (Lipinski definition) is 3. The van der Waals surface area contributed by atoms with Crippen LogP contribution in [0.15, 0.2) is 48.5 Å². The van der Waals surface area contributed by atoms with Crippen molar-refractivity contribution in [1.29, 1.82) is 0 Å². The minimum atomic E-state index is -1.24. The molecule has 0 bridgehead atoms. The fraction of sp³-hybridized carbons (Fsp3) is 0.269. The van der Waals surface area contributed by atoms with Gasteiger partial charge in [-0.15, -0.1) is 0 Å². The Bertz CT molecular complexity index is 1310. The summed E-state index contributed by atoms with van der Waals surface area (Å²) in [6.07, 6.45) is 0. The lowest BCUT2D eigenvalue weighted by Gasteiger charge is -2.31. The van der Waals surface area contributed by atoms with Crippen LogP contribution in [-0.4, -0.2) is 47.8 Å². The Morgan fingerprint density at radius 1 is 1.03 bits per heavy atom. The van der Waals surface area contributed by atoms with Gasteiger partial charge in [0.05, 0.1) is 18.9 Å². The smallest absolute Gasteiger partial charge is 0.325 e. The Kier molecular flexibility index (Phi) is 9.39. The zero-order chi connectivity index (χ0) is 27.8. The third kappa shape index (κ3) is 6.45. The molecule has 2 aromatic carbocycles. The van der Waals surface area contributed by atoms with E-state index >= 15 is 0 Å². The highest BCUT2D eigenvalue weighted by Gasteiger charge is 2.36. The summed E-state index contributed by atoms with van der Waals surface area (Å²) in [5.41, 5.74) is 12.7. The summed E-state index contributed by atoms with van der Waals surface area (Å²) < 4.78 is 14.4. The van der Waals surface area contributed by atoms with Crippen LogP contribution in [0.2, 0.25) is 0 Å². The predicted octanol–water partition coefficient (Wildman–Crippen LogP) is 2.60. The highest BCUT2D eigenvalue weighted by Crippen LogP contribution is 2.34. The molecule has 3 aromatic rings. The number of amides is 3. The molecule has 0 saturated carbocycles. The summed E-state index contributed by atoms with van der Waals surface area (Å²) >= 11 is 0.704. The summed E-state index contributed by atoms with van der Waals surface area (Å²) in [4.78, 5) is 52.5. The number of rotatable bonds is 11. The Morgan fingerprint density at radius 3 is 2.24 bits per heavy atom. The lowest BCUT2D eigenvalue weighted by molar-refractivity contribution is -0.143. The number of aromatic nitrogens is 1. The van der Waals surface area contributed by atoms with Crippen LogP contribution in [0.1, 0.15) is 51.2 Å². The van der Waals surface area contributed by atoms with Gasteiger partial charge in [-0.1, -0.05) is 29.8 Å². The van der Waals surface area contributed by atoms with Gasteiger partial charge in [-0.3, -0.25) is 24.1 Å². The Labute approximate surface area is 223 Å². The average molecular weight is 540 g/mol. The molecule has 0 saturated heterocycles. The number of nitrogens with one attached hydrogen (secondary N) is 1. The van der Waals surface area contributed by atoms with E-state index in [-0.39, 0.29) is 22.9 Å². The van der Waals surface area contributed by atoms with Gasteiger partial charge in [-0.05, 0) is 62.1 Å². The first-order valence-corrected chi connectivity index (χ1v) is 12.6. The van der Waals surface area contributed by atoms with E-state index in [1.165, 1.54) is 4.90 Å².